The molecule has 0 atom stereocenters. The minimum absolute atomic E-state index is 0.0725. The van der Waals surface area contributed by atoms with E-state index in [9.17, 15) is 9.59 Å². The Morgan fingerprint density at radius 3 is 2.50 bits per heavy atom. The molecule has 10 heteroatoms. The highest BCUT2D eigenvalue weighted by atomic mass is 35.5. The fourth-order valence-corrected chi connectivity index (χ4v) is 5.02. The van der Waals surface area contributed by atoms with Crippen LogP contribution in [0.25, 0.3) is 5.69 Å². The average molecular weight is 499 g/mol. The lowest BCUT2D eigenvalue weighted by molar-refractivity contribution is -0.128. The number of hydrogen-bond acceptors (Lipinski definition) is 7. The predicted octanol–water partition coefficient (Wildman–Crippen LogP) is 3.10. The molecule has 0 unspecified atom stereocenters. The van der Waals surface area contributed by atoms with Crippen LogP contribution in [0.1, 0.15) is 0 Å². The third kappa shape index (κ3) is 4.71. The molecule has 0 saturated carbocycles. The van der Waals surface area contributed by atoms with Crippen LogP contribution in [-0.2, 0) is 4.79 Å². The van der Waals surface area contributed by atoms with E-state index < -0.39 is 0 Å². The number of anilines is 1. The van der Waals surface area contributed by atoms with Gasteiger partial charge in [0.2, 0.25) is 5.91 Å². The van der Waals surface area contributed by atoms with Gasteiger partial charge in [-0.1, -0.05) is 29.8 Å². The second-order valence-electron chi connectivity index (χ2n) is 7.86. The van der Waals surface area contributed by atoms with Gasteiger partial charge in [-0.2, -0.15) is 9.78 Å². The van der Waals surface area contributed by atoms with Gasteiger partial charge in [-0.25, -0.2) is 0 Å². The molecule has 2 aliphatic heterocycles. The number of nitrogens with zero attached hydrogens (tertiary/aromatic N) is 4. The Labute approximate surface area is 206 Å². The van der Waals surface area contributed by atoms with Gasteiger partial charge in [-0.15, -0.1) is 11.8 Å². The summed E-state index contributed by atoms with van der Waals surface area (Å²) in [4.78, 5) is 30.3. The highest BCUT2D eigenvalue weighted by Gasteiger charge is 2.24. The zero-order chi connectivity index (χ0) is 23.5. The number of benzene rings is 2. The summed E-state index contributed by atoms with van der Waals surface area (Å²) < 4.78 is 12.4. The number of para-hydroxylation sites is 1. The molecule has 0 radical (unpaired) electrons. The number of rotatable bonds is 5. The van der Waals surface area contributed by atoms with E-state index in [-0.39, 0.29) is 16.5 Å². The third-order valence-electron chi connectivity index (χ3n) is 5.75. The Morgan fingerprint density at radius 1 is 1.00 bits per heavy atom. The lowest BCUT2D eigenvalue weighted by Gasteiger charge is -2.36. The molecular weight excluding hydrogens is 476 g/mol. The fraction of sp³-hybridized carbons (Fsp3) is 0.292. The first-order valence-corrected chi connectivity index (χ1v) is 12.3. The molecular formula is C24H23ClN4O4S. The van der Waals surface area contributed by atoms with Crippen LogP contribution < -0.4 is 19.9 Å². The zero-order valence-electron chi connectivity index (χ0n) is 18.4. The van der Waals surface area contributed by atoms with Gasteiger partial charge in [0.25, 0.3) is 5.56 Å². The molecule has 3 heterocycles. The first kappa shape index (κ1) is 22.6. The molecule has 8 nitrogen and oxygen atoms in total. The standard InChI is InChI=1S/C24H23ClN4O4S/c25-23-19(15-26-29(24(23)31)17-4-2-1-3-5-17)27-8-10-28(11-9-27)22(30)16-34-18-6-7-20-21(14-18)33-13-12-32-20/h1-7,14-15H,8-13,16H2. The van der Waals surface area contributed by atoms with Gasteiger partial charge in [0.05, 0.1) is 23.3 Å². The van der Waals surface area contributed by atoms with Gasteiger partial charge in [0, 0.05) is 31.1 Å². The molecule has 176 valence electrons. The van der Waals surface area contributed by atoms with E-state index in [1.807, 2.05) is 46.2 Å². The Morgan fingerprint density at radius 2 is 1.74 bits per heavy atom. The van der Waals surface area contributed by atoms with Crippen LogP contribution in [0.5, 0.6) is 11.5 Å². The number of thioether (sulfide) groups is 1. The Hall–Kier alpha value is -3.17. The number of amides is 1. The summed E-state index contributed by atoms with van der Waals surface area (Å²) in [5.74, 6) is 1.87. The molecule has 3 aromatic rings. The summed E-state index contributed by atoms with van der Waals surface area (Å²) in [6, 6.07) is 14.9. The van der Waals surface area contributed by atoms with Gasteiger partial charge in [-0.05, 0) is 30.3 Å². The van der Waals surface area contributed by atoms with Gasteiger partial charge >= 0.3 is 0 Å². The molecule has 0 bridgehead atoms. The van der Waals surface area contributed by atoms with Crippen LogP contribution in [0.3, 0.4) is 0 Å². The van der Waals surface area contributed by atoms with Crippen molar-refractivity contribution in [3.8, 4) is 17.2 Å². The molecule has 0 aliphatic carbocycles. The number of halogens is 1. The summed E-state index contributed by atoms with van der Waals surface area (Å²) in [5, 5.41) is 4.44. The second kappa shape index (κ2) is 9.99. The SMILES string of the molecule is O=C(CSc1ccc2c(c1)OCCO2)N1CCN(c2cnn(-c3ccccc3)c(=O)c2Cl)CC1. The van der Waals surface area contributed by atoms with Crippen molar-refractivity contribution in [3.63, 3.8) is 0 Å². The minimum atomic E-state index is -0.361. The molecule has 34 heavy (non-hydrogen) atoms. The van der Waals surface area contributed by atoms with Crippen molar-refractivity contribution in [1.29, 1.82) is 0 Å². The number of carbonyl (C=O) groups is 1. The van der Waals surface area contributed by atoms with E-state index >= 15 is 0 Å². The lowest BCUT2D eigenvalue weighted by atomic mass is 10.2. The quantitative estimate of drug-likeness (QED) is 0.500. The number of carbonyl (C=O) groups excluding carboxylic acids is 1. The molecule has 0 N–H and O–H groups in total. The average Bonchev–Trinajstić information content (AvgIpc) is 2.89. The number of hydrogen-bond donors (Lipinski definition) is 0. The molecule has 2 aromatic carbocycles. The summed E-state index contributed by atoms with van der Waals surface area (Å²) in [7, 11) is 0. The second-order valence-corrected chi connectivity index (χ2v) is 9.28. The highest BCUT2D eigenvalue weighted by Crippen LogP contribution is 2.34. The topological polar surface area (TPSA) is 76.9 Å². The minimum Gasteiger partial charge on any atom is -0.486 e. The van der Waals surface area contributed by atoms with E-state index in [0.29, 0.717) is 56.5 Å². The lowest BCUT2D eigenvalue weighted by Crippen LogP contribution is -2.49. The molecule has 1 aromatic heterocycles. The number of ether oxygens (including phenoxy) is 2. The first-order chi connectivity index (χ1) is 16.6. The van der Waals surface area contributed by atoms with Gasteiger partial charge < -0.3 is 19.3 Å². The highest BCUT2D eigenvalue weighted by molar-refractivity contribution is 8.00. The summed E-state index contributed by atoms with van der Waals surface area (Å²) in [5.41, 5.74) is 0.892. The van der Waals surface area contributed by atoms with Crippen molar-refractivity contribution < 1.29 is 14.3 Å². The van der Waals surface area contributed by atoms with E-state index in [4.69, 9.17) is 21.1 Å². The van der Waals surface area contributed by atoms with E-state index in [1.54, 1.807) is 18.3 Å². The van der Waals surface area contributed by atoms with Crippen LogP contribution in [0.4, 0.5) is 5.69 Å². The van der Waals surface area contributed by atoms with Crippen molar-refractivity contribution >= 4 is 35.0 Å². The monoisotopic (exact) mass is 498 g/mol. The van der Waals surface area contributed by atoms with Gasteiger partial charge in [-0.3, -0.25) is 9.59 Å². The van der Waals surface area contributed by atoms with Crippen molar-refractivity contribution in [2.75, 3.05) is 50.0 Å². The zero-order valence-corrected chi connectivity index (χ0v) is 19.9. The van der Waals surface area contributed by atoms with E-state index in [2.05, 4.69) is 5.10 Å². The summed E-state index contributed by atoms with van der Waals surface area (Å²) in [6.07, 6.45) is 1.62. The summed E-state index contributed by atoms with van der Waals surface area (Å²) >= 11 is 7.91. The first-order valence-electron chi connectivity index (χ1n) is 11.0. The van der Waals surface area contributed by atoms with Crippen LogP contribution in [0.15, 0.2) is 64.4 Å². The molecule has 1 saturated heterocycles. The van der Waals surface area contributed by atoms with Crippen LogP contribution in [-0.4, -0.2) is 65.7 Å². The number of aromatic nitrogens is 2. The Balaban J connectivity index is 1.18. The molecule has 1 fully saturated rings. The van der Waals surface area contributed by atoms with Crippen molar-refractivity contribution in [2.45, 2.75) is 4.90 Å². The maximum Gasteiger partial charge on any atom is 0.292 e. The third-order valence-corrected chi connectivity index (χ3v) is 7.08. The largest absolute Gasteiger partial charge is 0.486 e. The maximum atomic E-state index is 12.8. The molecule has 0 spiro atoms. The van der Waals surface area contributed by atoms with Gasteiger partial charge in [0.15, 0.2) is 11.5 Å². The number of fused-ring (bicyclic) bond motifs is 1. The predicted molar refractivity (Wildman–Crippen MR) is 132 cm³/mol. The molecule has 5 rings (SSSR count). The Kier molecular flexibility index (Phi) is 6.64. The molecule has 2 aliphatic rings. The van der Waals surface area contributed by atoms with E-state index in [0.717, 1.165) is 16.4 Å². The van der Waals surface area contributed by atoms with Crippen molar-refractivity contribution in [3.05, 3.63) is 70.1 Å². The smallest absolute Gasteiger partial charge is 0.292 e. The van der Waals surface area contributed by atoms with E-state index in [1.165, 1.54) is 16.4 Å². The Bertz CT molecular complexity index is 1250. The fourth-order valence-electron chi connectivity index (χ4n) is 3.94. The number of piperazine rings is 1. The van der Waals surface area contributed by atoms with Crippen molar-refractivity contribution in [1.82, 2.24) is 14.7 Å². The normalized spacial score (nSPS) is 15.3. The van der Waals surface area contributed by atoms with Gasteiger partial charge in [0.1, 0.15) is 18.2 Å². The maximum absolute atomic E-state index is 12.8. The van der Waals surface area contributed by atoms with Crippen LogP contribution in [0.2, 0.25) is 5.02 Å². The van der Waals surface area contributed by atoms with Crippen molar-refractivity contribution in [2.24, 2.45) is 0 Å². The van der Waals surface area contributed by atoms with Crippen LogP contribution >= 0.6 is 23.4 Å². The molecule has 1 amide bonds. The van der Waals surface area contributed by atoms with Crippen LogP contribution in [0, 0.1) is 0 Å². The summed E-state index contributed by atoms with van der Waals surface area (Å²) in [6.45, 7) is 3.35.